The van der Waals surface area contributed by atoms with E-state index in [4.69, 9.17) is 9.47 Å². The van der Waals surface area contributed by atoms with Crippen LogP contribution in [0.3, 0.4) is 0 Å². The molecule has 0 saturated heterocycles. The van der Waals surface area contributed by atoms with Crippen LogP contribution in [0.5, 0.6) is 23.0 Å². The van der Waals surface area contributed by atoms with Gasteiger partial charge in [0.1, 0.15) is 0 Å². The minimum absolute atomic E-state index is 0.254. The number of rotatable bonds is 2. The summed E-state index contributed by atoms with van der Waals surface area (Å²) < 4.78 is 12.8. The van der Waals surface area contributed by atoms with E-state index in [-0.39, 0.29) is 10.5 Å². The molecule has 6 heterocycles. The molecule has 0 N–H and O–H groups in total. The fourth-order valence-electron chi connectivity index (χ4n) is 9.52. The maximum Gasteiger partial charge on any atom is 0.318 e. The lowest BCUT2D eigenvalue weighted by atomic mass is 9.67. The van der Waals surface area contributed by atoms with E-state index in [1.807, 2.05) is 70.7 Å². The van der Waals surface area contributed by atoms with Crippen molar-refractivity contribution in [2.75, 3.05) is 9.80 Å². The normalized spacial score (nSPS) is 15.1. The van der Waals surface area contributed by atoms with Crippen molar-refractivity contribution < 1.29 is 9.47 Å². The molecule has 10 heteroatoms. The molecule has 14 rings (SSSR count). The van der Waals surface area contributed by atoms with E-state index in [0.29, 0.717) is 0 Å². The largest absolute Gasteiger partial charge is 0.453 e. The number of hydrogen-bond acceptors (Lipinski definition) is 8. The van der Waals surface area contributed by atoms with Gasteiger partial charge in [0.05, 0.1) is 22.7 Å². The average Bonchev–Trinajstić information content (AvgIpc) is 3.27. The summed E-state index contributed by atoms with van der Waals surface area (Å²) in [5.74, 6) is 3.47. The Balaban J connectivity index is 0.961. The fraction of sp³-hybridized carbons (Fsp3) is 0. The van der Waals surface area contributed by atoms with Crippen molar-refractivity contribution in [1.82, 2.24) is 0 Å². The molecule has 8 aromatic rings. The Hall–Kier alpha value is -5.51. The van der Waals surface area contributed by atoms with Crippen molar-refractivity contribution in [2.45, 2.75) is 19.6 Å². The zero-order valence-corrected chi connectivity index (χ0v) is 33.8. The number of anilines is 6. The molecular weight excluding hydrogens is 786 g/mol. The Kier molecular flexibility index (Phi) is 6.73. The third-order valence-electron chi connectivity index (χ3n) is 11.9. The van der Waals surface area contributed by atoms with Gasteiger partial charge in [-0.1, -0.05) is 66.7 Å². The minimum atomic E-state index is 0.254. The van der Waals surface area contributed by atoms with E-state index >= 15 is 0 Å². The van der Waals surface area contributed by atoms with E-state index in [2.05, 4.69) is 143 Å². The molecule has 0 aliphatic carbocycles. The third kappa shape index (κ3) is 4.46. The van der Waals surface area contributed by atoms with Crippen LogP contribution in [0.15, 0.2) is 177 Å². The quantitative estimate of drug-likeness (QED) is 0.159. The third-order valence-corrected chi connectivity index (χ3v) is 17.3. The van der Waals surface area contributed by atoms with E-state index < -0.39 is 0 Å². The van der Waals surface area contributed by atoms with Gasteiger partial charge in [-0.2, -0.15) is 46.5 Å². The highest BCUT2D eigenvalue weighted by molar-refractivity contribution is 8.56. The highest BCUT2D eigenvalue weighted by Crippen LogP contribution is 2.59. The monoisotopic (exact) mass is 812 g/mol. The summed E-state index contributed by atoms with van der Waals surface area (Å²) in [4.78, 5) is 10.1. The van der Waals surface area contributed by atoms with Crippen molar-refractivity contribution >= 4 is 102 Å². The first kappa shape index (κ1) is 32.4. The van der Waals surface area contributed by atoms with Gasteiger partial charge in [0, 0.05) is 36.5 Å². The van der Waals surface area contributed by atoms with Crippen LogP contribution < -0.4 is 30.2 Å². The Labute approximate surface area is 352 Å². The lowest BCUT2D eigenvalue weighted by Gasteiger charge is -2.41. The molecular formula is C48H26B2N2O2S4. The highest BCUT2D eigenvalue weighted by Gasteiger charge is 2.46. The lowest BCUT2D eigenvalue weighted by molar-refractivity contribution is 0.476. The number of ether oxygens (including phenoxy) is 2. The van der Waals surface area contributed by atoms with Gasteiger partial charge >= 0.3 is 10.5 Å². The van der Waals surface area contributed by atoms with E-state index in [1.54, 1.807) is 0 Å². The molecule has 0 atom stereocenters. The molecule has 0 amide bonds. The Morgan fingerprint density at radius 1 is 0.345 bits per heavy atom. The molecule has 6 aliphatic rings. The molecule has 0 bridgehead atoms. The Bertz CT molecular complexity index is 2870. The molecule has 58 heavy (non-hydrogen) atoms. The summed E-state index contributed by atoms with van der Waals surface area (Å²) in [5.41, 5.74) is 17.7. The first-order valence-corrected chi connectivity index (χ1v) is 22.9. The first-order valence-electron chi connectivity index (χ1n) is 19.4. The summed E-state index contributed by atoms with van der Waals surface area (Å²) in [6, 6.07) is 57.1. The van der Waals surface area contributed by atoms with Crippen molar-refractivity contribution in [1.29, 1.82) is 0 Å². The average molecular weight is 813 g/mol. The van der Waals surface area contributed by atoms with Crippen LogP contribution in [0, 0.1) is 0 Å². The van der Waals surface area contributed by atoms with Gasteiger partial charge in [0.25, 0.3) is 0 Å². The standard InChI is InChI=1S/C48H26B2N2O2S4/c1-5-14-37-33(10-1)51(34-11-2-6-15-38(34)53-37)27-20-22-29-31-26-32-30-23-21-28(52-35-12-3-7-16-39(35)54-40-17-8-4-13-36(40)52)25-44(30)58-50-48(32)46-45-41(18-9-19-42(45)56-50)55-49(47(31)46)57-43(29)24-27/h1-26H. The van der Waals surface area contributed by atoms with Gasteiger partial charge in [-0.25, -0.2) is 0 Å². The van der Waals surface area contributed by atoms with Gasteiger partial charge < -0.3 is 19.3 Å². The van der Waals surface area contributed by atoms with Crippen molar-refractivity contribution in [3.8, 4) is 56.4 Å². The number of fused-ring (bicyclic) bond motifs is 8. The van der Waals surface area contributed by atoms with Crippen molar-refractivity contribution in [3.05, 3.63) is 158 Å². The summed E-state index contributed by atoms with van der Waals surface area (Å²) in [7, 11) is 0. The number of nitrogens with zero attached hydrogens (tertiary/aromatic N) is 2. The van der Waals surface area contributed by atoms with E-state index in [9.17, 15) is 0 Å². The molecule has 270 valence electrons. The van der Waals surface area contributed by atoms with Gasteiger partial charge in [-0.05, 0) is 130 Å². The van der Waals surface area contributed by atoms with Crippen LogP contribution in [0.2, 0.25) is 0 Å². The Morgan fingerprint density at radius 2 is 0.741 bits per heavy atom. The number of benzene rings is 8. The summed E-state index contributed by atoms with van der Waals surface area (Å²) in [6.45, 7) is 0. The molecule has 4 nitrogen and oxygen atoms in total. The molecule has 0 fully saturated rings. The SMILES string of the molecule is c1ccc2c(c1)Oc1ccccc1N2c1ccc2c(c1)SB1Sc3cccc4c3-c3c1c-2cc1c3B(Sc2cc(N3c5ccccc5Oc5ccccc53)ccc2-1)S4. The van der Waals surface area contributed by atoms with Crippen molar-refractivity contribution in [3.63, 3.8) is 0 Å². The topological polar surface area (TPSA) is 24.9 Å². The van der Waals surface area contributed by atoms with Gasteiger partial charge in [-0.3, -0.25) is 0 Å². The van der Waals surface area contributed by atoms with Gasteiger partial charge in [0.15, 0.2) is 23.0 Å². The maximum absolute atomic E-state index is 6.38. The van der Waals surface area contributed by atoms with E-state index in [1.165, 1.54) is 63.9 Å². The lowest BCUT2D eigenvalue weighted by Crippen LogP contribution is -2.44. The molecule has 0 spiro atoms. The van der Waals surface area contributed by atoms with Crippen LogP contribution in [0.25, 0.3) is 33.4 Å². The molecule has 0 radical (unpaired) electrons. The molecule has 0 saturated carbocycles. The second kappa shape index (κ2) is 12.0. The summed E-state index contributed by atoms with van der Waals surface area (Å²) >= 11 is 8.06. The van der Waals surface area contributed by atoms with E-state index in [0.717, 1.165) is 57.1 Å². The summed E-state index contributed by atoms with van der Waals surface area (Å²) in [6.07, 6.45) is 0. The zero-order chi connectivity index (χ0) is 37.6. The zero-order valence-electron chi connectivity index (χ0n) is 30.5. The molecule has 0 aromatic heterocycles. The highest BCUT2D eigenvalue weighted by atomic mass is 32.2. The molecule has 0 unspecified atom stereocenters. The molecule has 6 aliphatic heterocycles. The second-order valence-corrected chi connectivity index (χ2v) is 20.2. The fourth-order valence-corrected chi connectivity index (χ4v) is 15.6. The predicted molar refractivity (Wildman–Crippen MR) is 246 cm³/mol. The molecule has 8 aromatic carbocycles. The summed E-state index contributed by atoms with van der Waals surface area (Å²) in [5, 5.41) is 0.507. The van der Waals surface area contributed by atoms with Gasteiger partial charge in [0.2, 0.25) is 0 Å². The second-order valence-electron chi connectivity index (χ2n) is 15.0. The predicted octanol–water partition coefficient (Wildman–Crippen LogP) is 13.7. The Morgan fingerprint density at radius 3 is 1.17 bits per heavy atom. The van der Waals surface area contributed by atoms with Crippen molar-refractivity contribution in [2.24, 2.45) is 0 Å². The van der Waals surface area contributed by atoms with Crippen LogP contribution in [-0.4, -0.2) is 10.5 Å². The van der Waals surface area contributed by atoms with Crippen LogP contribution in [-0.2, 0) is 0 Å². The number of para-hydroxylation sites is 8. The van der Waals surface area contributed by atoms with Gasteiger partial charge in [-0.15, -0.1) is 0 Å². The first-order chi connectivity index (χ1) is 28.7. The van der Waals surface area contributed by atoms with Crippen LogP contribution in [0.1, 0.15) is 0 Å². The van der Waals surface area contributed by atoms with Crippen LogP contribution >= 0.6 is 46.5 Å². The minimum Gasteiger partial charge on any atom is -0.453 e. The maximum atomic E-state index is 6.38. The number of hydrogen-bond donors (Lipinski definition) is 0. The smallest absolute Gasteiger partial charge is 0.318 e. The van der Waals surface area contributed by atoms with Crippen LogP contribution in [0.4, 0.5) is 34.1 Å².